The fraction of sp³-hybridized carbons (Fsp3) is 0.316. The van der Waals surface area contributed by atoms with E-state index in [1.807, 2.05) is 0 Å². The first-order valence-corrected chi connectivity index (χ1v) is 9.82. The van der Waals surface area contributed by atoms with Gasteiger partial charge in [0.1, 0.15) is 12.3 Å². The summed E-state index contributed by atoms with van der Waals surface area (Å²) in [7, 11) is -0.890. The van der Waals surface area contributed by atoms with Gasteiger partial charge in [-0.25, -0.2) is 8.42 Å². The first-order valence-electron chi connectivity index (χ1n) is 8.38. The van der Waals surface area contributed by atoms with Crippen molar-refractivity contribution in [3.63, 3.8) is 0 Å². The number of sulfonamides is 1. The Balaban J connectivity index is 2.37. The highest BCUT2D eigenvalue weighted by Crippen LogP contribution is 2.27. The SMILES string of the molecule is COCCNC(=O)CN(c1ccccc1)S(=O)(=O)c1ccc(OC)c(C)c1. The van der Waals surface area contributed by atoms with Crippen LogP contribution in [0.3, 0.4) is 0 Å². The Morgan fingerprint density at radius 3 is 2.41 bits per heavy atom. The molecule has 0 saturated carbocycles. The number of nitrogens with one attached hydrogen (secondary N) is 1. The summed E-state index contributed by atoms with van der Waals surface area (Å²) in [5, 5.41) is 2.65. The topological polar surface area (TPSA) is 84.9 Å². The van der Waals surface area contributed by atoms with E-state index in [1.165, 1.54) is 26.4 Å². The maximum atomic E-state index is 13.2. The molecule has 0 fully saturated rings. The summed E-state index contributed by atoms with van der Waals surface area (Å²) in [5.41, 5.74) is 1.10. The average Bonchev–Trinajstić information content (AvgIpc) is 2.66. The van der Waals surface area contributed by atoms with Gasteiger partial charge < -0.3 is 14.8 Å². The number of amides is 1. The van der Waals surface area contributed by atoms with Crippen LogP contribution in [0.2, 0.25) is 0 Å². The predicted octanol–water partition coefficient (Wildman–Crippen LogP) is 1.96. The Labute approximate surface area is 160 Å². The van der Waals surface area contributed by atoms with E-state index in [4.69, 9.17) is 9.47 Å². The van der Waals surface area contributed by atoms with Crippen molar-refractivity contribution >= 4 is 21.6 Å². The van der Waals surface area contributed by atoms with E-state index in [2.05, 4.69) is 5.32 Å². The molecule has 8 heteroatoms. The van der Waals surface area contributed by atoms with Gasteiger partial charge >= 0.3 is 0 Å². The second-order valence-corrected chi connectivity index (χ2v) is 7.68. The van der Waals surface area contributed by atoms with E-state index in [0.717, 1.165) is 4.31 Å². The third kappa shape index (κ3) is 5.21. The summed E-state index contributed by atoms with van der Waals surface area (Å²) in [4.78, 5) is 12.3. The number of carbonyl (C=O) groups is 1. The minimum atomic E-state index is -3.94. The number of methoxy groups -OCH3 is 2. The lowest BCUT2D eigenvalue weighted by Crippen LogP contribution is -2.41. The van der Waals surface area contributed by atoms with E-state index in [1.54, 1.807) is 43.3 Å². The second kappa shape index (κ2) is 9.38. The van der Waals surface area contributed by atoms with Crippen LogP contribution in [0.1, 0.15) is 5.56 Å². The average molecular weight is 392 g/mol. The number of carbonyl (C=O) groups excluding carboxylic acids is 1. The van der Waals surface area contributed by atoms with Crippen LogP contribution >= 0.6 is 0 Å². The number of hydrogen-bond donors (Lipinski definition) is 1. The van der Waals surface area contributed by atoms with Crippen LogP contribution in [0, 0.1) is 6.92 Å². The maximum absolute atomic E-state index is 13.2. The molecular formula is C19H24N2O5S. The number of nitrogens with zero attached hydrogens (tertiary/aromatic N) is 1. The molecule has 0 saturated heterocycles. The lowest BCUT2D eigenvalue weighted by Gasteiger charge is -2.24. The van der Waals surface area contributed by atoms with Gasteiger partial charge in [-0.1, -0.05) is 18.2 Å². The first-order chi connectivity index (χ1) is 12.9. The highest BCUT2D eigenvalue weighted by Gasteiger charge is 2.27. The van der Waals surface area contributed by atoms with Crippen molar-refractivity contribution in [1.82, 2.24) is 5.32 Å². The lowest BCUT2D eigenvalue weighted by atomic mass is 10.2. The van der Waals surface area contributed by atoms with Crippen LogP contribution < -0.4 is 14.4 Å². The van der Waals surface area contributed by atoms with Gasteiger partial charge in [-0.3, -0.25) is 9.10 Å². The molecule has 0 aliphatic carbocycles. The van der Waals surface area contributed by atoms with Crippen LogP contribution in [-0.4, -0.2) is 48.2 Å². The van der Waals surface area contributed by atoms with Crippen LogP contribution in [0.25, 0.3) is 0 Å². The molecule has 2 aromatic carbocycles. The van der Waals surface area contributed by atoms with Crippen LogP contribution in [-0.2, 0) is 19.6 Å². The van der Waals surface area contributed by atoms with Crippen LogP contribution in [0.15, 0.2) is 53.4 Å². The van der Waals surface area contributed by atoms with Gasteiger partial charge in [0.2, 0.25) is 5.91 Å². The smallest absolute Gasteiger partial charge is 0.264 e. The van der Waals surface area contributed by atoms with E-state index in [0.29, 0.717) is 30.2 Å². The number of anilines is 1. The second-order valence-electron chi connectivity index (χ2n) is 5.82. The van der Waals surface area contributed by atoms with E-state index in [9.17, 15) is 13.2 Å². The fourth-order valence-corrected chi connectivity index (χ4v) is 4.03. The zero-order valence-corrected chi connectivity index (χ0v) is 16.5. The van der Waals surface area contributed by atoms with Gasteiger partial charge in [0.25, 0.3) is 10.0 Å². The predicted molar refractivity (Wildman–Crippen MR) is 104 cm³/mol. The van der Waals surface area contributed by atoms with Crippen LogP contribution in [0.5, 0.6) is 5.75 Å². The summed E-state index contributed by atoms with van der Waals surface area (Å²) in [6.45, 7) is 2.09. The van der Waals surface area contributed by atoms with E-state index < -0.39 is 15.9 Å². The first kappa shape index (κ1) is 20.7. The normalized spacial score (nSPS) is 11.1. The van der Waals surface area contributed by atoms with Crippen molar-refractivity contribution in [3.8, 4) is 5.75 Å². The van der Waals surface area contributed by atoms with Gasteiger partial charge in [-0.05, 0) is 42.8 Å². The number of aryl methyl sites for hydroxylation is 1. The molecule has 0 bridgehead atoms. The lowest BCUT2D eigenvalue weighted by molar-refractivity contribution is -0.119. The molecule has 27 heavy (non-hydrogen) atoms. The molecule has 0 unspecified atom stereocenters. The number of ether oxygens (including phenoxy) is 2. The largest absolute Gasteiger partial charge is 0.496 e. The molecule has 0 atom stereocenters. The summed E-state index contributed by atoms with van der Waals surface area (Å²) in [6, 6.07) is 13.1. The summed E-state index contributed by atoms with van der Waals surface area (Å²) in [5.74, 6) is 0.183. The quantitative estimate of drug-likeness (QED) is 0.660. The number of hydrogen-bond acceptors (Lipinski definition) is 5. The summed E-state index contributed by atoms with van der Waals surface area (Å²) >= 11 is 0. The Morgan fingerprint density at radius 2 is 1.81 bits per heavy atom. The third-order valence-corrected chi connectivity index (χ3v) is 5.68. The van der Waals surface area contributed by atoms with Crippen LogP contribution in [0.4, 0.5) is 5.69 Å². The zero-order chi connectivity index (χ0) is 19.9. The molecule has 0 spiro atoms. The van der Waals surface area contributed by atoms with Crippen molar-refractivity contribution in [2.45, 2.75) is 11.8 Å². The summed E-state index contributed by atoms with van der Waals surface area (Å²) in [6.07, 6.45) is 0. The minimum Gasteiger partial charge on any atom is -0.496 e. The van der Waals surface area contributed by atoms with Crippen molar-refractivity contribution in [1.29, 1.82) is 0 Å². The summed E-state index contributed by atoms with van der Waals surface area (Å²) < 4.78 is 37.6. The van der Waals surface area contributed by atoms with Gasteiger partial charge in [0.05, 0.1) is 24.3 Å². The molecule has 0 heterocycles. The number of benzene rings is 2. The Bertz CT molecular complexity index is 869. The Kier molecular flexibility index (Phi) is 7.20. The maximum Gasteiger partial charge on any atom is 0.264 e. The molecule has 2 rings (SSSR count). The van der Waals surface area contributed by atoms with Crippen molar-refractivity contribution < 1.29 is 22.7 Å². The molecule has 2 aromatic rings. The van der Waals surface area contributed by atoms with Crippen molar-refractivity contribution in [2.75, 3.05) is 38.2 Å². The fourth-order valence-electron chi connectivity index (χ4n) is 2.53. The number of rotatable bonds is 9. The molecule has 1 amide bonds. The van der Waals surface area contributed by atoms with Crippen molar-refractivity contribution in [3.05, 3.63) is 54.1 Å². The molecule has 0 radical (unpaired) electrons. The minimum absolute atomic E-state index is 0.0920. The van der Waals surface area contributed by atoms with Crippen molar-refractivity contribution in [2.24, 2.45) is 0 Å². The Hall–Kier alpha value is -2.58. The zero-order valence-electron chi connectivity index (χ0n) is 15.6. The molecule has 1 N–H and O–H groups in total. The van der Waals surface area contributed by atoms with Gasteiger partial charge in [-0.15, -0.1) is 0 Å². The molecular weight excluding hydrogens is 368 g/mol. The highest BCUT2D eigenvalue weighted by molar-refractivity contribution is 7.92. The van der Waals surface area contributed by atoms with E-state index >= 15 is 0 Å². The molecule has 7 nitrogen and oxygen atoms in total. The molecule has 0 aliphatic heterocycles. The molecule has 0 aliphatic rings. The van der Waals surface area contributed by atoms with Gasteiger partial charge in [0, 0.05) is 13.7 Å². The Morgan fingerprint density at radius 1 is 1.11 bits per heavy atom. The number of para-hydroxylation sites is 1. The van der Waals surface area contributed by atoms with Gasteiger partial charge in [0.15, 0.2) is 0 Å². The molecule has 0 aromatic heterocycles. The monoisotopic (exact) mass is 392 g/mol. The van der Waals surface area contributed by atoms with Gasteiger partial charge in [-0.2, -0.15) is 0 Å². The highest BCUT2D eigenvalue weighted by atomic mass is 32.2. The van der Waals surface area contributed by atoms with E-state index in [-0.39, 0.29) is 11.4 Å². The molecule has 146 valence electrons. The standard InChI is InChI=1S/C19H24N2O5S/c1-15-13-17(9-10-18(15)26-3)27(23,24)21(16-7-5-4-6-8-16)14-19(22)20-11-12-25-2/h4-10,13H,11-12,14H2,1-3H3,(H,20,22). The third-order valence-electron chi connectivity index (χ3n) is 3.91.